The van der Waals surface area contributed by atoms with Gasteiger partial charge in [0.1, 0.15) is 0 Å². The van der Waals surface area contributed by atoms with E-state index in [0.717, 1.165) is 18.6 Å². The maximum Gasteiger partial charge on any atom is 0.0230 e. The van der Waals surface area contributed by atoms with Gasteiger partial charge in [-0.3, -0.25) is 4.90 Å². The van der Waals surface area contributed by atoms with E-state index in [2.05, 4.69) is 27.1 Å². The van der Waals surface area contributed by atoms with Crippen LogP contribution in [0.1, 0.15) is 25.7 Å². The van der Waals surface area contributed by atoms with Crippen molar-refractivity contribution in [1.29, 1.82) is 0 Å². The van der Waals surface area contributed by atoms with E-state index in [9.17, 15) is 0 Å². The van der Waals surface area contributed by atoms with Gasteiger partial charge in [-0.05, 0) is 39.4 Å². The van der Waals surface area contributed by atoms with Crippen molar-refractivity contribution in [2.75, 3.05) is 59.4 Å². The Labute approximate surface area is 118 Å². The van der Waals surface area contributed by atoms with Gasteiger partial charge < -0.3 is 15.1 Å². The van der Waals surface area contributed by atoms with Crippen molar-refractivity contribution in [3.05, 3.63) is 0 Å². The van der Waals surface area contributed by atoms with Crippen molar-refractivity contribution in [1.82, 2.24) is 20.0 Å². The predicted octanol–water partition coefficient (Wildman–Crippen LogP) is 0.450. The Hall–Kier alpha value is -0.160. The van der Waals surface area contributed by atoms with Crippen LogP contribution in [0.15, 0.2) is 0 Å². The van der Waals surface area contributed by atoms with Crippen LogP contribution >= 0.6 is 0 Å². The smallest absolute Gasteiger partial charge is 0.0230 e. The highest BCUT2D eigenvalue weighted by Crippen LogP contribution is 2.21. The average Bonchev–Trinajstić information content (AvgIpc) is 2.46. The number of hydrogen-bond acceptors (Lipinski definition) is 4. The van der Waals surface area contributed by atoms with Crippen LogP contribution in [0.2, 0.25) is 0 Å². The van der Waals surface area contributed by atoms with Crippen LogP contribution < -0.4 is 5.32 Å². The van der Waals surface area contributed by atoms with E-state index in [1.54, 1.807) is 0 Å². The lowest BCUT2D eigenvalue weighted by Gasteiger charge is -2.44. The topological polar surface area (TPSA) is 21.8 Å². The minimum absolute atomic E-state index is 0.748. The Morgan fingerprint density at radius 1 is 1.11 bits per heavy atom. The molecule has 3 aliphatic rings. The fraction of sp³-hybridized carbons (Fsp3) is 1.00. The van der Waals surface area contributed by atoms with E-state index >= 15 is 0 Å². The molecule has 0 aliphatic carbocycles. The van der Waals surface area contributed by atoms with E-state index < -0.39 is 0 Å². The van der Waals surface area contributed by atoms with Crippen LogP contribution in [0.5, 0.6) is 0 Å². The zero-order chi connectivity index (χ0) is 13.1. The lowest BCUT2D eigenvalue weighted by atomic mass is 9.99. The molecule has 3 saturated heterocycles. The first-order valence-electron chi connectivity index (χ1n) is 8.20. The standard InChI is InChI=1S/C15H30N4/c1-17-9-6-16-12-14(17)5-8-18-10-11-19-7-3-2-4-15(19)13-18/h14-16H,2-13H2,1H3. The van der Waals surface area contributed by atoms with Crippen molar-refractivity contribution in [3.8, 4) is 0 Å². The fourth-order valence-corrected chi connectivity index (χ4v) is 3.94. The predicted molar refractivity (Wildman–Crippen MR) is 79.6 cm³/mol. The molecule has 0 amide bonds. The second-order valence-corrected chi connectivity index (χ2v) is 6.61. The molecule has 0 radical (unpaired) electrons. The van der Waals surface area contributed by atoms with E-state index in [-0.39, 0.29) is 0 Å². The zero-order valence-corrected chi connectivity index (χ0v) is 12.5. The molecule has 3 heterocycles. The third-order valence-electron chi connectivity index (χ3n) is 5.34. The molecule has 0 aromatic heterocycles. The molecule has 110 valence electrons. The summed E-state index contributed by atoms with van der Waals surface area (Å²) in [6.07, 6.45) is 5.64. The van der Waals surface area contributed by atoms with Gasteiger partial charge in [0.2, 0.25) is 0 Å². The molecule has 0 aromatic carbocycles. The Morgan fingerprint density at radius 3 is 2.95 bits per heavy atom. The Balaban J connectivity index is 1.43. The number of likely N-dealkylation sites (N-methyl/N-ethyl adjacent to an activating group) is 1. The number of rotatable bonds is 3. The third kappa shape index (κ3) is 3.48. The van der Waals surface area contributed by atoms with Gasteiger partial charge in [0.15, 0.2) is 0 Å². The summed E-state index contributed by atoms with van der Waals surface area (Å²) in [6, 6.07) is 1.61. The number of piperazine rings is 2. The van der Waals surface area contributed by atoms with E-state index in [1.165, 1.54) is 71.5 Å². The molecule has 2 atom stereocenters. The van der Waals surface area contributed by atoms with Gasteiger partial charge in [-0.2, -0.15) is 0 Å². The van der Waals surface area contributed by atoms with E-state index in [1.807, 2.05) is 0 Å². The van der Waals surface area contributed by atoms with Gasteiger partial charge in [-0.25, -0.2) is 0 Å². The summed E-state index contributed by atoms with van der Waals surface area (Å²) in [5.74, 6) is 0. The van der Waals surface area contributed by atoms with Crippen LogP contribution in [0.3, 0.4) is 0 Å². The summed E-state index contributed by atoms with van der Waals surface area (Å²) in [4.78, 5) is 7.98. The summed E-state index contributed by atoms with van der Waals surface area (Å²) < 4.78 is 0. The van der Waals surface area contributed by atoms with Crippen LogP contribution in [-0.2, 0) is 0 Å². The summed E-state index contributed by atoms with van der Waals surface area (Å²) in [5.41, 5.74) is 0. The highest BCUT2D eigenvalue weighted by atomic mass is 15.3. The first-order valence-corrected chi connectivity index (χ1v) is 8.20. The van der Waals surface area contributed by atoms with E-state index in [4.69, 9.17) is 0 Å². The molecule has 0 bridgehead atoms. The van der Waals surface area contributed by atoms with Gasteiger partial charge in [0, 0.05) is 51.4 Å². The van der Waals surface area contributed by atoms with Crippen LogP contribution in [-0.4, -0.2) is 86.2 Å². The molecule has 0 spiro atoms. The fourth-order valence-electron chi connectivity index (χ4n) is 3.94. The highest BCUT2D eigenvalue weighted by Gasteiger charge is 2.29. The SMILES string of the molecule is CN1CCNCC1CCN1CCN2CCCCC2C1. The molecule has 4 nitrogen and oxygen atoms in total. The van der Waals surface area contributed by atoms with E-state index in [0.29, 0.717) is 0 Å². The lowest BCUT2D eigenvalue weighted by molar-refractivity contribution is 0.0438. The zero-order valence-electron chi connectivity index (χ0n) is 12.5. The van der Waals surface area contributed by atoms with Gasteiger partial charge in [0.05, 0.1) is 0 Å². The van der Waals surface area contributed by atoms with Gasteiger partial charge in [-0.15, -0.1) is 0 Å². The number of nitrogens with one attached hydrogen (secondary N) is 1. The molecule has 4 heteroatoms. The number of piperidine rings is 1. The monoisotopic (exact) mass is 266 g/mol. The van der Waals surface area contributed by atoms with Crippen molar-refractivity contribution >= 4 is 0 Å². The van der Waals surface area contributed by atoms with Gasteiger partial charge in [0.25, 0.3) is 0 Å². The van der Waals surface area contributed by atoms with Crippen molar-refractivity contribution in [2.45, 2.75) is 37.8 Å². The second kappa shape index (κ2) is 6.53. The van der Waals surface area contributed by atoms with Gasteiger partial charge in [-0.1, -0.05) is 6.42 Å². The highest BCUT2D eigenvalue weighted by molar-refractivity contribution is 4.86. The molecule has 2 unspecified atom stereocenters. The summed E-state index contributed by atoms with van der Waals surface area (Å²) in [7, 11) is 2.28. The Kier molecular flexibility index (Phi) is 4.74. The summed E-state index contributed by atoms with van der Waals surface area (Å²) in [6.45, 7) is 10.1. The van der Waals surface area contributed by atoms with Crippen LogP contribution in [0.4, 0.5) is 0 Å². The largest absolute Gasteiger partial charge is 0.314 e. The molecular formula is C15H30N4. The molecule has 3 fully saturated rings. The minimum Gasteiger partial charge on any atom is -0.314 e. The first kappa shape index (κ1) is 13.8. The first-order chi connectivity index (χ1) is 9.33. The van der Waals surface area contributed by atoms with Gasteiger partial charge >= 0.3 is 0 Å². The molecular weight excluding hydrogens is 236 g/mol. The quantitative estimate of drug-likeness (QED) is 0.800. The summed E-state index contributed by atoms with van der Waals surface area (Å²) in [5, 5.41) is 3.53. The molecule has 1 N–H and O–H groups in total. The molecule has 0 saturated carbocycles. The molecule has 3 rings (SSSR count). The van der Waals surface area contributed by atoms with Crippen LogP contribution in [0, 0.1) is 0 Å². The average molecular weight is 266 g/mol. The minimum atomic E-state index is 0.748. The van der Waals surface area contributed by atoms with Crippen LogP contribution in [0.25, 0.3) is 0 Å². The third-order valence-corrected chi connectivity index (χ3v) is 5.34. The number of fused-ring (bicyclic) bond motifs is 1. The summed E-state index contributed by atoms with van der Waals surface area (Å²) >= 11 is 0. The number of hydrogen-bond donors (Lipinski definition) is 1. The molecule has 0 aromatic rings. The lowest BCUT2D eigenvalue weighted by Crippen LogP contribution is -2.56. The maximum atomic E-state index is 3.53. The van der Waals surface area contributed by atoms with Crippen molar-refractivity contribution in [3.63, 3.8) is 0 Å². The Bertz CT molecular complexity index is 283. The van der Waals surface area contributed by atoms with Crippen molar-refractivity contribution < 1.29 is 0 Å². The maximum absolute atomic E-state index is 3.53. The molecule has 3 aliphatic heterocycles. The molecule has 19 heavy (non-hydrogen) atoms. The Morgan fingerprint density at radius 2 is 2.05 bits per heavy atom. The van der Waals surface area contributed by atoms with Crippen molar-refractivity contribution in [2.24, 2.45) is 0 Å². The number of nitrogens with zero attached hydrogens (tertiary/aromatic N) is 3. The second-order valence-electron chi connectivity index (χ2n) is 6.61. The normalized spacial score (nSPS) is 35.2.